The van der Waals surface area contributed by atoms with Crippen LogP contribution in [-0.4, -0.2) is 69.6 Å². The molecule has 1 aromatic rings. The van der Waals surface area contributed by atoms with Crippen molar-refractivity contribution in [1.29, 1.82) is 0 Å². The largest absolute Gasteiger partial charge is 0.496 e. The lowest BCUT2D eigenvalue weighted by Crippen LogP contribution is -2.53. The van der Waals surface area contributed by atoms with E-state index in [2.05, 4.69) is 41.4 Å². The smallest absolute Gasteiger partial charge is 0.194 e. The Labute approximate surface area is 204 Å². The van der Waals surface area contributed by atoms with Crippen molar-refractivity contribution in [2.24, 2.45) is 4.99 Å². The lowest BCUT2D eigenvalue weighted by atomic mass is 9.78. The molecule has 2 unspecified atom stereocenters. The number of methoxy groups -OCH3 is 1. The van der Waals surface area contributed by atoms with Crippen LogP contribution in [0.15, 0.2) is 29.3 Å². The first kappa shape index (κ1) is 24.6. The van der Waals surface area contributed by atoms with E-state index in [9.17, 15) is 0 Å². The SMILES string of the molecule is CCNC(=NCC1(c2ccccc2OC)CCCC1)N1CCOC(C2CCCO2)C1.I. The van der Waals surface area contributed by atoms with Gasteiger partial charge in [-0.2, -0.15) is 0 Å². The van der Waals surface area contributed by atoms with Gasteiger partial charge in [0.2, 0.25) is 0 Å². The van der Waals surface area contributed by atoms with Crippen molar-refractivity contribution < 1.29 is 14.2 Å². The van der Waals surface area contributed by atoms with Gasteiger partial charge in [0.05, 0.1) is 26.4 Å². The van der Waals surface area contributed by atoms with E-state index in [1.807, 2.05) is 0 Å². The summed E-state index contributed by atoms with van der Waals surface area (Å²) in [6.45, 7) is 7.10. The van der Waals surface area contributed by atoms with Crippen molar-refractivity contribution in [1.82, 2.24) is 10.2 Å². The second-order valence-corrected chi connectivity index (χ2v) is 8.76. The number of aliphatic imine (C=N–C) groups is 1. The molecule has 4 rings (SSSR count). The van der Waals surface area contributed by atoms with Crippen LogP contribution >= 0.6 is 24.0 Å². The van der Waals surface area contributed by atoms with Gasteiger partial charge in [-0.25, -0.2) is 0 Å². The van der Waals surface area contributed by atoms with E-state index in [0.717, 1.165) is 76.8 Å². The molecule has 3 fully saturated rings. The van der Waals surface area contributed by atoms with E-state index in [4.69, 9.17) is 19.2 Å². The predicted octanol–water partition coefficient (Wildman–Crippen LogP) is 3.97. The molecule has 2 saturated heterocycles. The highest BCUT2D eigenvalue weighted by atomic mass is 127. The predicted molar refractivity (Wildman–Crippen MR) is 135 cm³/mol. The summed E-state index contributed by atoms with van der Waals surface area (Å²) in [7, 11) is 1.77. The van der Waals surface area contributed by atoms with Gasteiger partial charge in [-0.3, -0.25) is 4.99 Å². The van der Waals surface area contributed by atoms with E-state index in [1.165, 1.54) is 18.4 Å². The average Bonchev–Trinajstić information content (AvgIpc) is 3.50. The van der Waals surface area contributed by atoms with Crippen molar-refractivity contribution in [2.45, 2.75) is 63.1 Å². The lowest BCUT2D eigenvalue weighted by molar-refractivity contribution is -0.0817. The van der Waals surface area contributed by atoms with Gasteiger partial charge in [-0.1, -0.05) is 31.0 Å². The Morgan fingerprint density at radius 2 is 1.94 bits per heavy atom. The normalized spacial score (nSPS) is 25.9. The minimum Gasteiger partial charge on any atom is -0.496 e. The van der Waals surface area contributed by atoms with Gasteiger partial charge in [-0.15, -0.1) is 24.0 Å². The van der Waals surface area contributed by atoms with Gasteiger partial charge < -0.3 is 24.4 Å². The van der Waals surface area contributed by atoms with Crippen LogP contribution < -0.4 is 10.1 Å². The van der Waals surface area contributed by atoms with Gasteiger partial charge in [0, 0.05) is 37.2 Å². The molecule has 31 heavy (non-hydrogen) atoms. The molecule has 1 aromatic carbocycles. The maximum Gasteiger partial charge on any atom is 0.194 e. The summed E-state index contributed by atoms with van der Waals surface area (Å²) in [5.74, 6) is 1.99. The van der Waals surface area contributed by atoms with Crippen LogP contribution in [-0.2, 0) is 14.9 Å². The number of ether oxygens (including phenoxy) is 3. The summed E-state index contributed by atoms with van der Waals surface area (Å²) in [4.78, 5) is 7.55. The van der Waals surface area contributed by atoms with Crippen molar-refractivity contribution in [3.05, 3.63) is 29.8 Å². The first-order valence-electron chi connectivity index (χ1n) is 11.7. The molecule has 0 amide bonds. The highest BCUT2D eigenvalue weighted by Crippen LogP contribution is 2.45. The monoisotopic (exact) mass is 543 g/mol. The molecule has 2 atom stereocenters. The molecule has 0 aromatic heterocycles. The molecule has 1 aliphatic carbocycles. The van der Waals surface area contributed by atoms with Crippen LogP contribution in [0.4, 0.5) is 0 Å². The van der Waals surface area contributed by atoms with Crippen LogP contribution in [0.3, 0.4) is 0 Å². The highest BCUT2D eigenvalue weighted by molar-refractivity contribution is 14.0. The summed E-state index contributed by atoms with van der Waals surface area (Å²) in [6.07, 6.45) is 7.44. The molecule has 1 saturated carbocycles. The quantitative estimate of drug-likeness (QED) is 0.335. The van der Waals surface area contributed by atoms with E-state index in [1.54, 1.807) is 7.11 Å². The van der Waals surface area contributed by atoms with Gasteiger partial charge in [0.25, 0.3) is 0 Å². The number of guanidine groups is 1. The van der Waals surface area contributed by atoms with Crippen molar-refractivity contribution in [3.8, 4) is 5.75 Å². The molecule has 6 nitrogen and oxygen atoms in total. The second-order valence-electron chi connectivity index (χ2n) is 8.76. The highest BCUT2D eigenvalue weighted by Gasteiger charge is 2.38. The van der Waals surface area contributed by atoms with Crippen LogP contribution in [0.2, 0.25) is 0 Å². The number of para-hydroxylation sites is 1. The van der Waals surface area contributed by atoms with Gasteiger partial charge >= 0.3 is 0 Å². The van der Waals surface area contributed by atoms with Gasteiger partial charge in [0.15, 0.2) is 5.96 Å². The Kier molecular flexibility index (Phi) is 9.28. The maximum atomic E-state index is 6.05. The molecule has 3 aliphatic rings. The van der Waals surface area contributed by atoms with Crippen molar-refractivity contribution in [2.75, 3.05) is 46.5 Å². The van der Waals surface area contributed by atoms with E-state index < -0.39 is 0 Å². The molecule has 2 aliphatic heterocycles. The fourth-order valence-electron chi connectivity index (χ4n) is 5.29. The molecule has 0 spiro atoms. The molecule has 7 heteroatoms. The van der Waals surface area contributed by atoms with Crippen molar-refractivity contribution in [3.63, 3.8) is 0 Å². The number of nitrogens with zero attached hydrogens (tertiary/aromatic N) is 2. The number of nitrogens with one attached hydrogen (secondary N) is 1. The molecule has 0 bridgehead atoms. The first-order chi connectivity index (χ1) is 14.8. The molecule has 2 heterocycles. The van der Waals surface area contributed by atoms with Crippen LogP contribution in [0.25, 0.3) is 0 Å². The summed E-state index contributed by atoms with van der Waals surface area (Å²) in [5, 5.41) is 3.53. The fraction of sp³-hybridized carbons (Fsp3) is 0.708. The summed E-state index contributed by atoms with van der Waals surface area (Å²) in [5.41, 5.74) is 1.37. The summed E-state index contributed by atoms with van der Waals surface area (Å²) >= 11 is 0. The Balaban J connectivity index is 0.00000272. The van der Waals surface area contributed by atoms with Crippen molar-refractivity contribution >= 4 is 29.9 Å². The number of hydrogen-bond acceptors (Lipinski definition) is 4. The van der Waals surface area contributed by atoms with E-state index in [-0.39, 0.29) is 41.6 Å². The van der Waals surface area contributed by atoms with Gasteiger partial charge in [0.1, 0.15) is 11.9 Å². The minimum absolute atomic E-state index is 0. The average molecular weight is 543 g/mol. The maximum absolute atomic E-state index is 6.05. The zero-order valence-corrected chi connectivity index (χ0v) is 21.3. The fourth-order valence-corrected chi connectivity index (χ4v) is 5.29. The Bertz CT molecular complexity index is 718. The molecular weight excluding hydrogens is 505 g/mol. The molecular formula is C24H38IN3O3. The zero-order chi connectivity index (χ0) is 20.8. The first-order valence-corrected chi connectivity index (χ1v) is 11.7. The zero-order valence-electron chi connectivity index (χ0n) is 19.0. The number of benzene rings is 1. The number of morpholine rings is 1. The van der Waals surface area contributed by atoms with Crippen LogP contribution in [0, 0.1) is 0 Å². The Morgan fingerprint density at radius 1 is 1.16 bits per heavy atom. The van der Waals surface area contributed by atoms with E-state index >= 15 is 0 Å². The minimum atomic E-state index is 0. The van der Waals surface area contributed by atoms with E-state index in [0.29, 0.717) is 0 Å². The topological polar surface area (TPSA) is 55.3 Å². The van der Waals surface area contributed by atoms with Crippen LogP contribution in [0.5, 0.6) is 5.75 Å². The summed E-state index contributed by atoms with van der Waals surface area (Å²) < 4.78 is 17.7. The molecule has 1 N–H and O–H groups in total. The Morgan fingerprint density at radius 3 is 2.65 bits per heavy atom. The third kappa shape index (κ3) is 5.66. The summed E-state index contributed by atoms with van der Waals surface area (Å²) in [6, 6.07) is 8.49. The third-order valence-corrected chi connectivity index (χ3v) is 6.88. The number of hydrogen-bond donors (Lipinski definition) is 1. The third-order valence-electron chi connectivity index (χ3n) is 6.88. The molecule has 0 radical (unpaired) electrons. The standard InChI is InChI=1S/C24H37N3O3.HI/c1-3-25-23(27-14-16-30-22(17-27)21-11-8-15-29-21)26-18-24(12-6-7-13-24)19-9-4-5-10-20(19)28-2;/h4-5,9-10,21-22H,3,6-8,11-18H2,1-2H3,(H,25,26);1H. The second kappa shape index (κ2) is 11.7. The number of rotatable bonds is 6. The lowest BCUT2D eigenvalue weighted by Gasteiger charge is -2.38. The molecule has 174 valence electrons. The number of halogens is 1. The van der Waals surface area contributed by atoms with Crippen LogP contribution in [0.1, 0.15) is 51.0 Å². The van der Waals surface area contributed by atoms with Gasteiger partial charge in [-0.05, 0) is 38.7 Å². The Hall–Kier alpha value is -1.06.